The van der Waals surface area contributed by atoms with Gasteiger partial charge >= 0.3 is 5.97 Å². The van der Waals surface area contributed by atoms with E-state index in [2.05, 4.69) is 0 Å². The Hall–Kier alpha value is -1.43. The number of carbonyl (C=O) groups excluding carboxylic acids is 2. The quantitative estimate of drug-likeness (QED) is 0.692. The number of hydrogen-bond donors (Lipinski definition) is 2. The molecule has 2 aliphatic rings. The minimum atomic E-state index is -1.19. The first-order valence-corrected chi connectivity index (χ1v) is 6.24. The molecule has 1 saturated carbocycles. The fraction of sp³-hybridized carbons (Fsp3) is 0.750. The van der Waals surface area contributed by atoms with E-state index in [9.17, 15) is 19.5 Å². The Kier molecular flexibility index (Phi) is 3.65. The highest BCUT2D eigenvalue weighted by Crippen LogP contribution is 2.30. The van der Waals surface area contributed by atoms with E-state index in [4.69, 9.17) is 5.11 Å². The predicted molar refractivity (Wildman–Crippen MR) is 60.4 cm³/mol. The summed E-state index contributed by atoms with van der Waals surface area (Å²) in [6.45, 7) is 0.321. The van der Waals surface area contributed by atoms with E-state index in [0.29, 0.717) is 32.2 Å². The maximum absolute atomic E-state index is 11.5. The lowest BCUT2D eigenvalue weighted by molar-refractivity contribution is -0.145. The second kappa shape index (κ2) is 5.06. The Balaban J connectivity index is 1.87. The summed E-state index contributed by atoms with van der Waals surface area (Å²) >= 11 is 0. The number of carbonyl (C=O) groups is 3. The molecule has 1 aliphatic carbocycles. The van der Waals surface area contributed by atoms with E-state index in [1.807, 2.05) is 0 Å². The van der Waals surface area contributed by atoms with Crippen LogP contribution in [0.25, 0.3) is 0 Å². The van der Waals surface area contributed by atoms with Crippen LogP contribution >= 0.6 is 0 Å². The van der Waals surface area contributed by atoms with Gasteiger partial charge in [-0.15, -0.1) is 0 Å². The van der Waals surface area contributed by atoms with Gasteiger partial charge in [-0.2, -0.15) is 0 Å². The molecule has 0 bridgehead atoms. The summed E-state index contributed by atoms with van der Waals surface area (Å²) in [5.74, 6) is -1.74. The molecule has 0 aromatic carbocycles. The molecule has 1 saturated heterocycles. The smallest absolute Gasteiger partial charge is 0.306 e. The first kappa shape index (κ1) is 13.0. The maximum atomic E-state index is 11.5. The second-order valence-electron chi connectivity index (χ2n) is 5.12. The molecule has 2 rings (SSSR count). The molecule has 2 fully saturated rings. The Morgan fingerprint density at radius 3 is 2.28 bits per heavy atom. The van der Waals surface area contributed by atoms with Gasteiger partial charge in [0.15, 0.2) is 0 Å². The van der Waals surface area contributed by atoms with Crippen LogP contribution in [-0.4, -0.2) is 45.5 Å². The lowest BCUT2D eigenvalue weighted by atomic mass is 9.82. The summed E-state index contributed by atoms with van der Waals surface area (Å²) < 4.78 is 0. The number of carboxylic acids is 1. The molecule has 6 heteroatoms. The summed E-state index contributed by atoms with van der Waals surface area (Å²) in [4.78, 5) is 34.9. The third-order valence-electron chi connectivity index (χ3n) is 3.86. The zero-order valence-corrected chi connectivity index (χ0v) is 10.0. The topological polar surface area (TPSA) is 94.9 Å². The first-order chi connectivity index (χ1) is 8.49. The molecule has 0 aromatic rings. The molecule has 1 unspecified atom stereocenters. The zero-order valence-electron chi connectivity index (χ0n) is 10.0. The van der Waals surface area contributed by atoms with Crippen LogP contribution in [-0.2, 0) is 14.4 Å². The average Bonchev–Trinajstić information content (AvgIpc) is 2.57. The lowest BCUT2D eigenvalue weighted by Gasteiger charge is -2.28. The van der Waals surface area contributed by atoms with Crippen molar-refractivity contribution in [2.24, 2.45) is 11.8 Å². The third-order valence-corrected chi connectivity index (χ3v) is 3.86. The molecule has 0 aromatic heterocycles. The van der Waals surface area contributed by atoms with Crippen molar-refractivity contribution in [2.45, 2.75) is 38.2 Å². The van der Waals surface area contributed by atoms with Gasteiger partial charge < -0.3 is 10.2 Å². The van der Waals surface area contributed by atoms with E-state index in [0.717, 1.165) is 4.90 Å². The van der Waals surface area contributed by atoms with E-state index < -0.39 is 18.0 Å². The summed E-state index contributed by atoms with van der Waals surface area (Å²) in [7, 11) is 0. The van der Waals surface area contributed by atoms with E-state index in [-0.39, 0.29) is 24.2 Å². The molecule has 18 heavy (non-hydrogen) atoms. The van der Waals surface area contributed by atoms with Crippen LogP contribution in [0.15, 0.2) is 0 Å². The number of hydrogen-bond acceptors (Lipinski definition) is 4. The first-order valence-electron chi connectivity index (χ1n) is 6.24. The number of nitrogens with zero attached hydrogens (tertiary/aromatic N) is 1. The summed E-state index contributed by atoms with van der Waals surface area (Å²) in [6, 6.07) is 0. The normalized spacial score (nSPS) is 32.9. The highest BCUT2D eigenvalue weighted by molar-refractivity contribution is 6.04. The molecular formula is C12H17NO5. The number of carboxylic acid groups (broad SMARTS) is 1. The van der Waals surface area contributed by atoms with Crippen molar-refractivity contribution in [2.75, 3.05) is 6.54 Å². The van der Waals surface area contributed by atoms with Gasteiger partial charge in [0.05, 0.1) is 12.3 Å². The predicted octanol–water partition coefficient (Wildman–Crippen LogP) is -0.00280. The molecule has 2 amide bonds. The molecule has 0 spiro atoms. The number of aliphatic hydroxyl groups is 1. The van der Waals surface area contributed by atoms with Crippen molar-refractivity contribution in [3.8, 4) is 0 Å². The van der Waals surface area contributed by atoms with Gasteiger partial charge in [-0.3, -0.25) is 19.3 Å². The average molecular weight is 255 g/mol. The number of aliphatic hydroxyl groups excluding tert-OH is 1. The van der Waals surface area contributed by atoms with Crippen LogP contribution in [0.4, 0.5) is 0 Å². The highest BCUT2D eigenvalue weighted by Gasteiger charge is 2.39. The number of amides is 2. The van der Waals surface area contributed by atoms with Gasteiger partial charge in [0.2, 0.25) is 5.91 Å². The van der Waals surface area contributed by atoms with Crippen LogP contribution in [0.3, 0.4) is 0 Å². The van der Waals surface area contributed by atoms with Gasteiger partial charge in [0.25, 0.3) is 5.91 Å². The minimum Gasteiger partial charge on any atom is -0.481 e. The highest BCUT2D eigenvalue weighted by atomic mass is 16.4. The number of rotatable bonds is 3. The number of imide groups is 1. The van der Waals surface area contributed by atoms with Crippen molar-refractivity contribution in [3.63, 3.8) is 0 Å². The summed E-state index contributed by atoms with van der Waals surface area (Å²) in [6.07, 6.45) is 1.31. The molecule has 1 atom stereocenters. The van der Waals surface area contributed by atoms with Gasteiger partial charge in [-0.25, -0.2) is 0 Å². The number of aliphatic carboxylic acids is 1. The monoisotopic (exact) mass is 255 g/mol. The summed E-state index contributed by atoms with van der Waals surface area (Å²) in [5, 5.41) is 18.2. The van der Waals surface area contributed by atoms with E-state index in [1.54, 1.807) is 0 Å². The Morgan fingerprint density at radius 2 is 1.83 bits per heavy atom. The van der Waals surface area contributed by atoms with Crippen molar-refractivity contribution >= 4 is 17.8 Å². The number of likely N-dealkylation sites (tertiary alicyclic amines) is 1. The van der Waals surface area contributed by atoms with E-state index in [1.165, 1.54) is 0 Å². The van der Waals surface area contributed by atoms with Crippen LogP contribution in [0, 0.1) is 11.8 Å². The van der Waals surface area contributed by atoms with Crippen molar-refractivity contribution in [3.05, 3.63) is 0 Å². The molecular weight excluding hydrogens is 238 g/mol. The van der Waals surface area contributed by atoms with Crippen molar-refractivity contribution < 1.29 is 24.6 Å². The van der Waals surface area contributed by atoms with Crippen LogP contribution in [0.5, 0.6) is 0 Å². The summed E-state index contributed by atoms with van der Waals surface area (Å²) in [5.41, 5.74) is 0. The standard InChI is InChI=1S/C12H17NO5/c14-9-5-10(15)13(11(9)16)6-7-1-3-8(4-2-7)12(17)18/h7-9,14H,1-6H2,(H,17,18). The van der Waals surface area contributed by atoms with Crippen molar-refractivity contribution in [1.82, 2.24) is 4.90 Å². The molecule has 2 N–H and O–H groups in total. The molecule has 0 radical (unpaired) electrons. The van der Waals surface area contributed by atoms with Gasteiger partial charge in [-0.05, 0) is 31.6 Å². The Bertz CT molecular complexity index is 373. The van der Waals surface area contributed by atoms with Gasteiger partial charge in [-0.1, -0.05) is 0 Å². The second-order valence-corrected chi connectivity index (χ2v) is 5.12. The van der Waals surface area contributed by atoms with Crippen LogP contribution in [0.1, 0.15) is 32.1 Å². The molecule has 6 nitrogen and oxygen atoms in total. The largest absolute Gasteiger partial charge is 0.481 e. The maximum Gasteiger partial charge on any atom is 0.306 e. The van der Waals surface area contributed by atoms with Gasteiger partial charge in [0.1, 0.15) is 6.10 Å². The lowest BCUT2D eigenvalue weighted by Crippen LogP contribution is -2.37. The van der Waals surface area contributed by atoms with Crippen molar-refractivity contribution in [1.29, 1.82) is 0 Å². The SMILES string of the molecule is O=C(O)C1CCC(CN2C(=O)CC(O)C2=O)CC1. The fourth-order valence-corrected chi connectivity index (χ4v) is 2.71. The van der Waals surface area contributed by atoms with E-state index >= 15 is 0 Å². The molecule has 100 valence electrons. The fourth-order valence-electron chi connectivity index (χ4n) is 2.71. The zero-order chi connectivity index (χ0) is 13.3. The third kappa shape index (κ3) is 2.53. The minimum absolute atomic E-state index is 0.122. The van der Waals surface area contributed by atoms with Crippen LogP contribution < -0.4 is 0 Å². The van der Waals surface area contributed by atoms with Gasteiger partial charge in [0, 0.05) is 6.54 Å². The Labute approximate surface area is 105 Å². The molecule has 1 heterocycles. The Morgan fingerprint density at radius 1 is 1.22 bits per heavy atom. The van der Waals surface area contributed by atoms with Crippen LogP contribution in [0.2, 0.25) is 0 Å². The molecule has 1 aliphatic heterocycles.